The van der Waals surface area contributed by atoms with Crippen LogP contribution in [0.25, 0.3) is 17.2 Å². The number of methoxy groups -OCH3 is 2. The molecule has 1 heterocycles. The van der Waals surface area contributed by atoms with Crippen LogP contribution in [0.1, 0.15) is 31.9 Å². The molecular weight excluding hydrogens is 498 g/mol. The molecule has 0 saturated carbocycles. The van der Waals surface area contributed by atoms with E-state index in [9.17, 15) is 9.59 Å². The van der Waals surface area contributed by atoms with E-state index < -0.39 is 5.97 Å². The Morgan fingerprint density at radius 1 is 0.921 bits per heavy atom. The molecule has 0 unspecified atom stereocenters. The molecule has 0 radical (unpaired) electrons. The summed E-state index contributed by atoms with van der Waals surface area (Å²) in [7, 11) is 2.91. The number of rotatable bonds is 9. The first-order chi connectivity index (χ1) is 18.4. The van der Waals surface area contributed by atoms with E-state index in [1.54, 1.807) is 19.3 Å². The average Bonchev–Trinajstić information content (AvgIpc) is 3.26. The van der Waals surface area contributed by atoms with Crippen LogP contribution in [0.5, 0.6) is 11.5 Å². The number of anilines is 1. The highest BCUT2D eigenvalue weighted by Crippen LogP contribution is 2.40. The van der Waals surface area contributed by atoms with Crippen LogP contribution in [-0.4, -0.2) is 26.1 Å². The summed E-state index contributed by atoms with van der Waals surface area (Å²) in [4.78, 5) is 26.4. The Morgan fingerprint density at radius 2 is 1.66 bits per heavy atom. The van der Waals surface area contributed by atoms with Gasteiger partial charge in [0.05, 0.1) is 14.2 Å². The first kappa shape index (κ1) is 26.7. The van der Waals surface area contributed by atoms with Crippen LogP contribution >= 0.6 is 11.3 Å². The quantitative estimate of drug-likeness (QED) is 0.186. The van der Waals surface area contributed by atoms with Gasteiger partial charge in [-0.25, -0.2) is 4.79 Å². The third-order valence-electron chi connectivity index (χ3n) is 6.03. The first-order valence-corrected chi connectivity index (χ1v) is 12.8. The van der Waals surface area contributed by atoms with Crippen molar-refractivity contribution in [3.05, 3.63) is 106 Å². The zero-order valence-electron chi connectivity index (χ0n) is 21.7. The van der Waals surface area contributed by atoms with Gasteiger partial charge in [-0.15, -0.1) is 11.3 Å². The van der Waals surface area contributed by atoms with E-state index in [-0.39, 0.29) is 5.91 Å². The number of amides is 1. The molecule has 194 valence electrons. The lowest BCUT2D eigenvalue weighted by molar-refractivity contribution is -0.111. The third kappa shape index (κ3) is 6.12. The van der Waals surface area contributed by atoms with Crippen LogP contribution in [-0.2, 0) is 16.1 Å². The van der Waals surface area contributed by atoms with Crippen molar-refractivity contribution in [1.29, 1.82) is 0 Å². The van der Waals surface area contributed by atoms with E-state index in [0.29, 0.717) is 28.7 Å². The lowest BCUT2D eigenvalue weighted by atomic mass is 10.0. The van der Waals surface area contributed by atoms with Gasteiger partial charge in [0.1, 0.15) is 17.2 Å². The van der Waals surface area contributed by atoms with E-state index >= 15 is 0 Å². The van der Waals surface area contributed by atoms with Crippen molar-refractivity contribution in [3.63, 3.8) is 0 Å². The summed E-state index contributed by atoms with van der Waals surface area (Å²) in [5, 5.41) is 3.29. The number of nitrogens with one attached hydrogen (secondary N) is 1. The summed E-state index contributed by atoms with van der Waals surface area (Å²) in [5.74, 6) is 0.312. The third-order valence-corrected chi connectivity index (χ3v) is 7.05. The molecule has 0 atom stereocenters. The predicted molar refractivity (Wildman–Crippen MR) is 152 cm³/mol. The molecule has 3 aromatic carbocycles. The van der Waals surface area contributed by atoms with E-state index in [1.807, 2.05) is 80.6 Å². The highest BCUT2D eigenvalue weighted by molar-refractivity contribution is 7.17. The molecule has 0 aliphatic rings. The van der Waals surface area contributed by atoms with Gasteiger partial charge in [0.15, 0.2) is 11.5 Å². The van der Waals surface area contributed by atoms with E-state index in [2.05, 4.69) is 5.32 Å². The van der Waals surface area contributed by atoms with Crippen molar-refractivity contribution in [2.24, 2.45) is 0 Å². The lowest BCUT2D eigenvalue weighted by Crippen LogP contribution is -2.11. The van der Waals surface area contributed by atoms with Crippen molar-refractivity contribution in [3.8, 4) is 22.6 Å². The molecule has 4 aromatic rings. The molecule has 1 amide bonds. The number of benzene rings is 3. The molecule has 0 saturated heterocycles. The molecule has 6 nitrogen and oxygen atoms in total. The number of hydrogen-bond acceptors (Lipinski definition) is 6. The van der Waals surface area contributed by atoms with Crippen molar-refractivity contribution in [2.45, 2.75) is 20.5 Å². The zero-order chi connectivity index (χ0) is 27.1. The maximum Gasteiger partial charge on any atom is 0.341 e. The summed E-state index contributed by atoms with van der Waals surface area (Å²) in [5.41, 5.74) is 5.01. The summed E-state index contributed by atoms with van der Waals surface area (Å²) in [6.45, 7) is 4.39. The van der Waals surface area contributed by atoms with Gasteiger partial charge < -0.3 is 19.5 Å². The van der Waals surface area contributed by atoms with E-state index in [4.69, 9.17) is 14.2 Å². The standard InChI is InChI=1S/C31H29NO5S/c1-20-10-8-9-13-24(20)19-37-25-16-14-22(18-26(25)35-3)15-17-27(33)32-30-29(31(34)36-4)28(21(2)38-30)23-11-6-5-7-12-23/h5-18H,19H2,1-4H3,(H,32,33)/b17-15+. The highest BCUT2D eigenvalue weighted by Gasteiger charge is 2.24. The van der Waals surface area contributed by atoms with Crippen molar-refractivity contribution in [1.82, 2.24) is 0 Å². The van der Waals surface area contributed by atoms with Gasteiger partial charge in [0, 0.05) is 16.5 Å². The van der Waals surface area contributed by atoms with Crippen LogP contribution in [0.2, 0.25) is 0 Å². The molecule has 7 heteroatoms. The number of esters is 1. The van der Waals surface area contributed by atoms with Gasteiger partial charge in [-0.1, -0.05) is 60.7 Å². The zero-order valence-corrected chi connectivity index (χ0v) is 22.6. The van der Waals surface area contributed by atoms with Gasteiger partial charge >= 0.3 is 5.97 Å². The van der Waals surface area contributed by atoms with Gasteiger partial charge in [-0.3, -0.25) is 4.79 Å². The second-order valence-corrected chi connectivity index (χ2v) is 9.77. The first-order valence-electron chi connectivity index (χ1n) is 12.0. The van der Waals surface area contributed by atoms with Gasteiger partial charge in [0.25, 0.3) is 0 Å². The highest BCUT2D eigenvalue weighted by atomic mass is 32.1. The Balaban J connectivity index is 1.50. The number of thiophene rings is 1. The van der Waals surface area contributed by atoms with E-state index in [0.717, 1.165) is 32.7 Å². The predicted octanol–water partition coefficient (Wildman–Crippen LogP) is 7.06. The number of hydrogen-bond donors (Lipinski definition) is 1. The Hall–Kier alpha value is -4.36. The fourth-order valence-corrected chi connectivity index (χ4v) is 5.11. The fourth-order valence-electron chi connectivity index (χ4n) is 4.04. The van der Waals surface area contributed by atoms with Gasteiger partial charge in [-0.2, -0.15) is 0 Å². The summed E-state index contributed by atoms with van der Waals surface area (Å²) >= 11 is 1.34. The Morgan fingerprint density at radius 3 is 2.37 bits per heavy atom. The molecule has 0 fully saturated rings. The molecule has 0 spiro atoms. The van der Waals surface area contributed by atoms with Crippen molar-refractivity contribution >= 4 is 34.3 Å². The fraction of sp³-hybridized carbons (Fsp3) is 0.161. The summed E-state index contributed by atoms with van der Waals surface area (Å²) in [6.07, 6.45) is 3.10. The summed E-state index contributed by atoms with van der Waals surface area (Å²) < 4.78 is 16.5. The van der Waals surface area contributed by atoms with Crippen LogP contribution in [0.3, 0.4) is 0 Å². The second kappa shape index (κ2) is 12.3. The Labute approximate surface area is 226 Å². The number of ether oxygens (including phenoxy) is 3. The molecular formula is C31H29NO5S. The smallest absolute Gasteiger partial charge is 0.341 e. The Bertz CT molecular complexity index is 1470. The van der Waals surface area contributed by atoms with Gasteiger partial charge in [-0.05, 0) is 54.3 Å². The average molecular weight is 528 g/mol. The molecule has 0 bridgehead atoms. The van der Waals surface area contributed by atoms with Crippen LogP contribution < -0.4 is 14.8 Å². The monoisotopic (exact) mass is 527 g/mol. The van der Waals surface area contributed by atoms with Crippen molar-refractivity contribution < 1.29 is 23.8 Å². The Kier molecular flexibility index (Phi) is 8.61. The largest absolute Gasteiger partial charge is 0.493 e. The molecule has 1 aromatic heterocycles. The summed E-state index contributed by atoms with van der Waals surface area (Å²) in [6, 6.07) is 23.1. The molecule has 4 rings (SSSR count). The number of carbonyl (C=O) groups excluding carboxylic acids is 2. The molecule has 0 aliphatic carbocycles. The van der Waals surface area contributed by atoms with Crippen LogP contribution in [0.15, 0.2) is 78.9 Å². The number of carbonyl (C=O) groups is 2. The maximum atomic E-state index is 12.8. The number of aryl methyl sites for hydroxylation is 2. The topological polar surface area (TPSA) is 73.9 Å². The van der Waals surface area contributed by atoms with E-state index in [1.165, 1.54) is 24.5 Å². The normalized spacial score (nSPS) is 10.8. The lowest BCUT2D eigenvalue weighted by Gasteiger charge is -2.12. The molecule has 38 heavy (non-hydrogen) atoms. The minimum Gasteiger partial charge on any atom is -0.493 e. The van der Waals surface area contributed by atoms with Crippen molar-refractivity contribution in [2.75, 3.05) is 19.5 Å². The second-order valence-electron chi connectivity index (χ2n) is 8.54. The minimum absolute atomic E-state index is 0.347. The maximum absolute atomic E-state index is 12.8. The van der Waals surface area contributed by atoms with Crippen LogP contribution in [0.4, 0.5) is 5.00 Å². The molecule has 0 aliphatic heterocycles. The minimum atomic E-state index is -0.501. The van der Waals surface area contributed by atoms with Crippen LogP contribution in [0, 0.1) is 13.8 Å². The van der Waals surface area contributed by atoms with Gasteiger partial charge in [0.2, 0.25) is 5.91 Å². The SMILES string of the molecule is COC(=O)c1c(NC(=O)/C=C/c2ccc(OCc3ccccc3C)c(OC)c2)sc(C)c1-c1ccccc1. The molecule has 1 N–H and O–H groups in total.